The minimum Gasteiger partial charge on any atom is -0.305 e. The molecule has 3 aromatic carbocycles. The van der Waals surface area contributed by atoms with Crippen molar-refractivity contribution in [3.05, 3.63) is 102 Å². The van der Waals surface area contributed by atoms with E-state index in [1.807, 2.05) is 102 Å². The van der Waals surface area contributed by atoms with Crippen molar-refractivity contribution in [2.24, 2.45) is 0 Å². The SMILES string of the molecule is CC(=O)N(c1ccccc1)C1CC(C)N(C(=O)c2cccc3cccnc23)c2ccccc21. The maximum Gasteiger partial charge on any atom is 0.260 e. The molecule has 1 aromatic heterocycles. The molecule has 0 fully saturated rings. The van der Waals surface area contributed by atoms with Gasteiger partial charge in [-0.2, -0.15) is 0 Å². The van der Waals surface area contributed by atoms with Crippen molar-refractivity contribution < 1.29 is 9.59 Å². The molecule has 0 saturated heterocycles. The Hall–Kier alpha value is -3.99. The lowest BCUT2D eigenvalue weighted by Gasteiger charge is -2.43. The minimum absolute atomic E-state index is 0.0220. The van der Waals surface area contributed by atoms with Crippen LogP contribution >= 0.6 is 0 Å². The Labute approximate surface area is 193 Å². The van der Waals surface area contributed by atoms with Crippen molar-refractivity contribution in [3.8, 4) is 0 Å². The van der Waals surface area contributed by atoms with Crippen LogP contribution in [0.1, 0.15) is 42.2 Å². The van der Waals surface area contributed by atoms with Gasteiger partial charge in [-0.3, -0.25) is 14.6 Å². The Morgan fingerprint density at radius 3 is 2.42 bits per heavy atom. The van der Waals surface area contributed by atoms with Crippen LogP contribution in [0, 0.1) is 0 Å². The Morgan fingerprint density at radius 2 is 1.64 bits per heavy atom. The third-order valence-corrected chi connectivity index (χ3v) is 6.33. The number of para-hydroxylation sites is 3. The van der Waals surface area contributed by atoms with E-state index in [2.05, 4.69) is 4.98 Å². The molecule has 1 aliphatic rings. The summed E-state index contributed by atoms with van der Waals surface area (Å²) in [7, 11) is 0. The molecule has 0 spiro atoms. The third-order valence-electron chi connectivity index (χ3n) is 6.33. The van der Waals surface area contributed by atoms with Crippen LogP contribution in [0.4, 0.5) is 11.4 Å². The molecule has 5 rings (SSSR count). The molecular formula is C28H25N3O2. The van der Waals surface area contributed by atoms with Gasteiger partial charge in [-0.1, -0.05) is 54.6 Å². The van der Waals surface area contributed by atoms with E-state index < -0.39 is 0 Å². The molecule has 2 heterocycles. The van der Waals surface area contributed by atoms with Crippen LogP contribution in [-0.4, -0.2) is 22.8 Å². The first-order chi connectivity index (χ1) is 16.1. The zero-order chi connectivity index (χ0) is 22.9. The zero-order valence-electron chi connectivity index (χ0n) is 18.7. The van der Waals surface area contributed by atoms with Gasteiger partial charge in [0.1, 0.15) is 0 Å². The molecule has 0 radical (unpaired) electrons. The Balaban J connectivity index is 1.61. The lowest BCUT2D eigenvalue weighted by atomic mass is 9.89. The van der Waals surface area contributed by atoms with Gasteiger partial charge in [0.05, 0.1) is 17.1 Å². The van der Waals surface area contributed by atoms with E-state index in [1.165, 1.54) is 0 Å². The number of aromatic nitrogens is 1. The summed E-state index contributed by atoms with van der Waals surface area (Å²) >= 11 is 0. The molecule has 33 heavy (non-hydrogen) atoms. The normalized spacial score (nSPS) is 17.5. The van der Waals surface area contributed by atoms with Crippen molar-refractivity contribution >= 4 is 34.1 Å². The van der Waals surface area contributed by atoms with Gasteiger partial charge in [0.2, 0.25) is 5.91 Å². The summed E-state index contributed by atoms with van der Waals surface area (Å²) in [6, 6.07) is 26.9. The summed E-state index contributed by atoms with van der Waals surface area (Å²) in [6.45, 7) is 3.64. The van der Waals surface area contributed by atoms with Crippen LogP contribution in [0.2, 0.25) is 0 Å². The van der Waals surface area contributed by atoms with E-state index in [-0.39, 0.29) is 23.9 Å². The number of benzene rings is 3. The van der Waals surface area contributed by atoms with Gasteiger partial charge in [0.25, 0.3) is 5.91 Å². The van der Waals surface area contributed by atoms with Crippen LogP contribution in [0.15, 0.2) is 91.1 Å². The first kappa shape index (κ1) is 20.9. The van der Waals surface area contributed by atoms with Gasteiger partial charge in [0, 0.05) is 35.9 Å². The number of anilines is 2. The number of carbonyl (C=O) groups excluding carboxylic acids is 2. The van der Waals surface area contributed by atoms with Crippen LogP contribution in [0.5, 0.6) is 0 Å². The molecule has 0 bridgehead atoms. The molecule has 2 atom stereocenters. The summed E-state index contributed by atoms with van der Waals surface area (Å²) in [6.07, 6.45) is 2.35. The molecule has 0 N–H and O–H groups in total. The van der Waals surface area contributed by atoms with E-state index in [9.17, 15) is 9.59 Å². The summed E-state index contributed by atoms with van der Waals surface area (Å²) in [5.74, 6) is -0.0991. The summed E-state index contributed by atoms with van der Waals surface area (Å²) in [4.78, 5) is 34.8. The molecule has 5 heteroatoms. The highest BCUT2D eigenvalue weighted by atomic mass is 16.2. The average Bonchev–Trinajstić information content (AvgIpc) is 2.84. The Morgan fingerprint density at radius 1 is 0.909 bits per heavy atom. The molecule has 164 valence electrons. The Kier molecular flexibility index (Phi) is 5.38. The van der Waals surface area contributed by atoms with Gasteiger partial charge >= 0.3 is 0 Å². The highest BCUT2D eigenvalue weighted by Crippen LogP contribution is 2.42. The molecule has 1 aliphatic heterocycles. The Bertz CT molecular complexity index is 1330. The first-order valence-corrected chi connectivity index (χ1v) is 11.2. The van der Waals surface area contributed by atoms with Crippen LogP contribution in [0.25, 0.3) is 10.9 Å². The molecule has 4 aromatic rings. The van der Waals surface area contributed by atoms with Crippen molar-refractivity contribution in [2.75, 3.05) is 9.80 Å². The highest BCUT2D eigenvalue weighted by molar-refractivity contribution is 6.14. The number of hydrogen-bond acceptors (Lipinski definition) is 3. The van der Waals surface area contributed by atoms with E-state index >= 15 is 0 Å². The lowest BCUT2D eigenvalue weighted by molar-refractivity contribution is -0.117. The predicted octanol–water partition coefficient (Wildman–Crippen LogP) is 5.77. The number of pyridine rings is 1. The van der Waals surface area contributed by atoms with Crippen molar-refractivity contribution in [1.29, 1.82) is 0 Å². The molecular weight excluding hydrogens is 410 g/mol. The number of hydrogen-bond donors (Lipinski definition) is 0. The van der Waals surface area contributed by atoms with Gasteiger partial charge in [-0.05, 0) is 49.2 Å². The van der Waals surface area contributed by atoms with Crippen molar-refractivity contribution in [2.45, 2.75) is 32.4 Å². The lowest BCUT2D eigenvalue weighted by Crippen LogP contribution is -2.47. The zero-order valence-corrected chi connectivity index (χ0v) is 18.7. The van der Waals surface area contributed by atoms with E-state index in [0.717, 1.165) is 22.3 Å². The quantitative estimate of drug-likeness (QED) is 0.411. The van der Waals surface area contributed by atoms with Crippen LogP contribution < -0.4 is 9.80 Å². The largest absolute Gasteiger partial charge is 0.305 e. The molecule has 2 amide bonds. The van der Waals surface area contributed by atoms with Crippen LogP contribution in [-0.2, 0) is 4.79 Å². The third kappa shape index (κ3) is 3.65. The van der Waals surface area contributed by atoms with Crippen molar-refractivity contribution in [3.63, 3.8) is 0 Å². The van der Waals surface area contributed by atoms with E-state index in [0.29, 0.717) is 17.5 Å². The molecule has 0 aliphatic carbocycles. The molecule has 0 saturated carbocycles. The summed E-state index contributed by atoms with van der Waals surface area (Å²) in [5, 5.41) is 0.936. The van der Waals surface area contributed by atoms with Gasteiger partial charge in [0.15, 0.2) is 0 Å². The number of rotatable bonds is 3. The van der Waals surface area contributed by atoms with E-state index in [1.54, 1.807) is 13.1 Å². The van der Waals surface area contributed by atoms with Gasteiger partial charge in [-0.25, -0.2) is 0 Å². The maximum atomic E-state index is 13.9. The second-order valence-corrected chi connectivity index (χ2v) is 8.44. The monoisotopic (exact) mass is 435 g/mol. The topological polar surface area (TPSA) is 53.5 Å². The second-order valence-electron chi connectivity index (χ2n) is 8.44. The smallest absolute Gasteiger partial charge is 0.260 e. The predicted molar refractivity (Wildman–Crippen MR) is 131 cm³/mol. The maximum absolute atomic E-state index is 13.9. The minimum atomic E-state index is -0.161. The fraction of sp³-hybridized carbons (Fsp3) is 0.179. The highest BCUT2D eigenvalue weighted by Gasteiger charge is 2.38. The van der Waals surface area contributed by atoms with E-state index in [4.69, 9.17) is 0 Å². The number of carbonyl (C=O) groups is 2. The number of amides is 2. The fourth-order valence-corrected chi connectivity index (χ4v) is 4.91. The average molecular weight is 436 g/mol. The number of nitrogens with zero attached hydrogens (tertiary/aromatic N) is 3. The second kappa shape index (κ2) is 8.51. The summed E-state index contributed by atoms with van der Waals surface area (Å²) in [5.41, 5.74) is 3.94. The first-order valence-electron chi connectivity index (χ1n) is 11.2. The van der Waals surface area contributed by atoms with Crippen LogP contribution in [0.3, 0.4) is 0 Å². The fourth-order valence-electron chi connectivity index (χ4n) is 4.91. The summed E-state index contributed by atoms with van der Waals surface area (Å²) < 4.78 is 0. The standard InChI is InChI=1S/C28H25N3O2/c1-19-18-26(31(20(2)32)22-12-4-3-5-13-22)23-14-6-7-16-25(23)30(19)28(33)24-15-8-10-21-11-9-17-29-27(21)24/h3-17,19,26H,18H2,1-2H3. The molecule has 2 unspecified atom stereocenters. The van der Waals surface area contributed by atoms with Gasteiger partial charge in [-0.15, -0.1) is 0 Å². The van der Waals surface area contributed by atoms with Gasteiger partial charge < -0.3 is 9.80 Å². The molecule has 5 nitrogen and oxygen atoms in total. The van der Waals surface area contributed by atoms with Crippen molar-refractivity contribution in [1.82, 2.24) is 4.98 Å². The number of fused-ring (bicyclic) bond motifs is 2.